The minimum Gasteiger partial charge on any atom is -0.446 e. The zero-order valence-corrected chi connectivity index (χ0v) is 10.3. The standard InChI is InChI=1S/C11H15N3O3/c1-11(2,3)17-10(15)14(4)8-6-16-9(13)7(8)5-12/h6H,13H2,1-4H3. The first kappa shape index (κ1) is 12.9. The van der Waals surface area contributed by atoms with Crippen LogP contribution in [0.5, 0.6) is 0 Å². The Morgan fingerprint density at radius 2 is 2.18 bits per heavy atom. The molecule has 1 aromatic rings. The summed E-state index contributed by atoms with van der Waals surface area (Å²) in [6, 6.07) is 1.87. The molecule has 17 heavy (non-hydrogen) atoms. The Morgan fingerprint density at radius 3 is 2.65 bits per heavy atom. The van der Waals surface area contributed by atoms with Crippen molar-refractivity contribution in [3.63, 3.8) is 0 Å². The molecule has 0 unspecified atom stereocenters. The lowest BCUT2D eigenvalue weighted by molar-refractivity contribution is 0.0589. The number of nitrogens with zero attached hydrogens (tertiary/aromatic N) is 2. The number of carbonyl (C=O) groups is 1. The molecular formula is C11H15N3O3. The lowest BCUT2D eigenvalue weighted by Crippen LogP contribution is -2.34. The van der Waals surface area contributed by atoms with Crippen molar-refractivity contribution in [2.24, 2.45) is 0 Å². The average Bonchev–Trinajstić information content (AvgIpc) is 2.55. The van der Waals surface area contributed by atoms with E-state index >= 15 is 0 Å². The Balaban J connectivity index is 2.94. The molecule has 6 heteroatoms. The van der Waals surface area contributed by atoms with E-state index in [1.165, 1.54) is 18.2 Å². The van der Waals surface area contributed by atoms with Crippen LogP contribution in [0, 0.1) is 11.3 Å². The van der Waals surface area contributed by atoms with Crippen LogP contribution >= 0.6 is 0 Å². The summed E-state index contributed by atoms with van der Waals surface area (Å²) in [5.41, 5.74) is 5.26. The first-order valence-electron chi connectivity index (χ1n) is 5.00. The second kappa shape index (κ2) is 4.37. The smallest absolute Gasteiger partial charge is 0.414 e. The molecule has 0 aromatic carbocycles. The molecular weight excluding hydrogens is 222 g/mol. The third-order valence-corrected chi connectivity index (χ3v) is 1.94. The van der Waals surface area contributed by atoms with E-state index in [0.29, 0.717) is 5.69 Å². The number of nitrogen functional groups attached to an aromatic ring is 1. The predicted octanol–water partition coefficient (Wildman–Crippen LogP) is 2.10. The van der Waals surface area contributed by atoms with Crippen LogP contribution in [-0.2, 0) is 4.74 Å². The number of rotatable bonds is 1. The first-order valence-corrected chi connectivity index (χ1v) is 5.00. The van der Waals surface area contributed by atoms with Crippen molar-refractivity contribution >= 4 is 17.7 Å². The number of hydrogen-bond donors (Lipinski definition) is 1. The van der Waals surface area contributed by atoms with Gasteiger partial charge in [-0.3, -0.25) is 4.90 Å². The predicted molar refractivity (Wildman–Crippen MR) is 62.5 cm³/mol. The summed E-state index contributed by atoms with van der Waals surface area (Å²) in [5.74, 6) is -0.0158. The SMILES string of the molecule is CN(C(=O)OC(C)(C)C)c1coc(N)c1C#N. The van der Waals surface area contributed by atoms with Crippen molar-refractivity contribution in [1.82, 2.24) is 0 Å². The number of furan rings is 1. The van der Waals surface area contributed by atoms with E-state index in [0.717, 1.165) is 0 Å². The van der Waals surface area contributed by atoms with Gasteiger partial charge in [0.15, 0.2) is 0 Å². The number of carbonyl (C=O) groups excluding carboxylic acids is 1. The monoisotopic (exact) mass is 237 g/mol. The number of amides is 1. The zero-order chi connectivity index (χ0) is 13.2. The molecule has 0 aliphatic rings. The van der Waals surface area contributed by atoms with Gasteiger partial charge in [-0.25, -0.2) is 4.79 Å². The molecule has 0 aliphatic heterocycles. The van der Waals surface area contributed by atoms with E-state index in [-0.39, 0.29) is 11.4 Å². The summed E-state index contributed by atoms with van der Waals surface area (Å²) in [6.45, 7) is 5.27. The van der Waals surface area contributed by atoms with Crippen LogP contribution in [-0.4, -0.2) is 18.7 Å². The van der Waals surface area contributed by atoms with Gasteiger partial charge in [0.05, 0.1) is 0 Å². The fourth-order valence-corrected chi connectivity index (χ4v) is 1.15. The van der Waals surface area contributed by atoms with Crippen LogP contribution in [0.4, 0.5) is 16.4 Å². The number of nitrogens with two attached hydrogens (primary N) is 1. The Kier molecular flexibility index (Phi) is 3.32. The van der Waals surface area contributed by atoms with E-state index in [4.69, 9.17) is 20.1 Å². The molecule has 6 nitrogen and oxygen atoms in total. The second-order valence-corrected chi connectivity index (χ2v) is 4.51. The molecule has 2 N–H and O–H groups in total. The lowest BCUT2D eigenvalue weighted by atomic mass is 10.2. The van der Waals surface area contributed by atoms with Gasteiger partial charge >= 0.3 is 6.09 Å². The molecule has 0 aliphatic carbocycles. The van der Waals surface area contributed by atoms with Crippen molar-refractivity contribution in [3.05, 3.63) is 11.8 Å². The van der Waals surface area contributed by atoms with Crippen LogP contribution in [0.1, 0.15) is 26.3 Å². The van der Waals surface area contributed by atoms with Crippen LogP contribution < -0.4 is 10.6 Å². The highest BCUT2D eigenvalue weighted by Crippen LogP contribution is 2.27. The number of anilines is 2. The molecule has 1 aromatic heterocycles. The number of ether oxygens (including phenoxy) is 1. The first-order chi connectivity index (χ1) is 7.76. The van der Waals surface area contributed by atoms with Gasteiger partial charge in [0.1, 0.15) is 29.2 Å². The molecule has 0 saturated heterocycles. The quantitative estimate of drug-likeness (QED) is 0.807. The van der Waals surface area contributed by atoms with Crippen LogP contribution in [0.15, 0.2) is 10.7 Å². The minimum atomic E-state index is -0.604. The Morgan fingerprint density at radius 1 is 1.59 bits per heavy atom. The van der Waals surface area contributed by atoms with Crippen molar-refractivity contribution in [3.8, 4) is 6.07 Å². The van der Waals surface area contributed by atoms with Crippen LogP contribution in [0.3, 0.4) is 0 Å². The molecule has 0 fully saturated rings. The van der Waals surface area contributed by atoms with Gasteiger partial charge in [-0.05, 0) is 20.8 Å². The number of hydrogen-bond acceptors (Lipinski definition) is 5. The van der Waals surface area contributed by atoms with E-state index in [1.807, 2.05) is 6.07 Å². The Labute approximate surface area is 99.5 Å². The summed E-state index contributed by atoms with van der Waals surface area (Å²) in [4.78, 5) is 12.9. The van der Waals surface area contributed by atoms with Gasteiger partial charge in [-0.2, -0.15) is 5.26 Å². The molecule has 0 radical (unpaired) electrons. The highest BCUT2D eigenvalue weighted by Gasteiger charge is 2.24. The Bertz CT molecular complexity index is 465. The largest absolute Gasteiger partial charge is 0.446 e. The molecule has 0 spiro atoms. The molecule has 0 bridgehead atoms. The highest BCUT2D eigenvalue weighted by atomic mass is 16.6. The molecule has 1 amide bonds. The van der Waals surface area contributed by atoms with Gasteiger partial charge in [0.2, 0.25) is 5.88 Å². The van der Waals surface area contributed by atoms with Gasteiger partial charge in [0, 0.05) is 7.05 Å². The fourth-order valence-electron chi connectivity index (χ4n) is 1.15. The minimum absolute atomic E-state index is 0.0158. The molecule has 0 atom stereocenters. The van der Waals surface area contributed by atoms with Gasteiger partial charge in [0.25, 0.3) is 0 Å². The van der Waals surface area contributed by atoms with Crippen molar-refractivity contribution < 1.29 is 13.9 Å². The van der Waals surface area contributed by atoms with Crippen molar-refractivity contribution in [2.45, 2.75) is 26.4 Å². The zero-order valence-electron chi connectivity index (χ0n) is 10.3. The normalized spacial score (nSPS) is 10.8. The average molecular weight is 237 g/mol. The van der Waals surface area contributed by atoms with Crippen molar-refractivity contribution in [2.75, 3.05) is 17.7 Å². The second-order valence-electron chi connectivity index (χ2n) is 4.51. The van der Waals surface area contributed by atoms with Crippen molar-refractivity contribution in [1.29, 1.82) is 5.26 Å². The summed E-state index contributed by atoms with van der Waals surface area (Å²) < 4.78 is 10.1. The maximum Gasteiger partial charge on any atom is 0.414 e. The fraction of sp³-hybridized carbons (Fsp3) is 0.455. The summed E-state index contributed by atoms with van der Waals surface area (Å²) in [7, 11) is 1.49. The van der Waals surface area contributed by atoms with E-state index < -0.39 is 11.7 Å². The topological polar surface area (TPSA) is 92.5 Å². The molecule has 92 valence electrons. The maximum atomic E-state index is 11.7. The van der Waals surface area contributed by atoms with Gasteiger partial charge in [-0.1, -0.05) is 0 Å². The van der Waals surface area contributed by atoms with Gasteiger partial charge < -0.3 is 14.9 Å². The molecule has 1 rings (SSSR count). The third kappa shape index (κ3) is 2.91. The Hall–Kier alpha value is -2.16. The molecule has 0 saturated carbocycles. The molecule has 1 heterocycles. The number of nitriles is 1. The van der Waals surface area contributed by atoms with E-state index in [2.05, 4.69) is 0 Å². The lowest BCUT2D eigenvalue weighted by Gasteiger charge is -2.23. The summed E-state index contributed by atoms with van der Waals surface area (Å²) >= 11 is 0. The maximum absolute atomic E-state index is 11.7. The van der Waals surface area contributed by atoms with Crippen LogP contribution in [0.2, 0.25) is 0 Å². The van der Waals surface area contributed by atoms with Crippen LogP contribution in [0.25, 0.3) is 0 Å². The summed E-state index contributed by atoms with van der Waals surface area (Å²) in [6.07, 6.45) is 0.674. The highest BCUT2D eigenvalue weighted by molar-refractivity contribution is 5.90. The van der Waals surface area contributed by atoms with E-state index in [1.54, 1.807) is 20.8 Å². The third-order valence-electron chi connectivity index (χ3n) is 1.94. The summed E-state index contributed by atoms with van der Waals surface area (Å²) in [5, 5.41) is 8.88. The van der Waals surface area contributed by atoms with Gasteiger partial charge in [-0.15, -0.1) is 0 Å². The van der Waals surface area contributed by atoms with E-state index in [9.17, 15) is 4.79 Å².